The summed E-state index contributed by atoms with van der Waals surface area (Å²) < 4.78 is 4.43. The van der Waals surface area contributed by atoms with Gasteiger partial charge in [-0.3, -0.25) is 14.4 Å². The maximum absolute atomic E-state index is 14.8. The van der Waals surface area contributed by atoms with Crippen molar-refractivity contribution in [3.8, 4) is 0 Å². The first-order valence-corrected chi connectivity index (χ1v) is 16.2. The number of carbonyl (C=O) groups is 3. The zero-order valence-corrected chi connectivity index (χ0v) is 26.4. The molecule has 230 valence electrons. The van der Waals surface area contributed by atoms with Crippen molar-refractivity contribution < 1.29 is 24.2 Å². The molecule has 42 heavy (non-hydrogen) atoms. The number of nitrogens with zero attached hydrogens (tertiary/aromatic N) is 3. The van der Waals surface area contributed by atoms with Crippen LogP contribution in [0.2, 0.25) is 0 Å². The van der Waals surface area contributed by atoms with Crippen molar-refractivity contribution >= 4 is 40.9 Å². The van der Waals surface area contributed by atoms with Crippen molar-refractivity contribution in [1.29, 1.82) is 0 Å². The van der Waals surface area contributed by atoms with E-state index in [4.69, 9.17) is 4.74 Å². The Morgan fingerprint density at radius 3 is 2.38 bits per heavy atom. The third kappa shape index (κ3) is 5.39. The van der Waals surface area contributed by atoms with E-state index in [1.54, 1.807) is 33.7 Å². The predicted octanol–water partition coefficient (Wildman–Crippen LogP) is 4.81. The van der Waals surface area contributed by atoms with Gasteiger partial charge in [0.05, 0.1) is 35.8 Å². The number of hydrogen-bond acceptors (Lipinski definition) is 7. The summed E-state index contributed by atoms with van der Waals surface area (Å²) in [5, 5.41) is 10.4. The average molecular weight is 598 g/mol. The van der Waals surface area contributed by atoms with Crippen LogP contribution in [0.3, 0.4) is 0 Å². The highest BCUT2D eigenvalue weighted by Crippen LogP contribution is 2.71. The van der Waals surface area contributed by atoms with Gasteiger partial charge < -0.3 is 24.5 Å². The highest BCUT2D eigenvalue weighted by molar-refractivity contribution is 8.02. The first-order valence-electron chi connectivity index (χ1n) is 15.4. The minimum atomic E-state index is -0.820. The SMILES string of the molecule is C=CCCCOC(=O)[C@H]1[C@H]2C(=O)N([C@@H](CC)CO)C(C(=O)N(CC=C)c3ccc(N(CC)CC)cc3)C23CC[C@]1(C)S3. The van der Waals surface area contributed by atoms with Crippen LogP contribution in [0.5, 0.6) is 0 Å². The van der Waals surface area contributed by atoms with Crippen molar-refractivity contribution in [1.82, 2.24) is 4.90 Å². The van der Waals surface area contributed by atoms with Crippen LogP contribution in [0.15, 0.2) is 49.6 Å². The summed E-state index contributed by atoms with van der Waals surface area (Å²) >= 11 is 1.62. The summed E-state index contributed by atoms with van der Waals surface area (Å²) in [5.74, 6) is -2.13. The highest BCUT2D eigenvalue weighted by Gasteiger charge is 2.78. The molecule has 3 heterocycles. The van der Waals surface area contributed by atoms with Gasteiger partial charge in [0, 0.05) is 35.8 Å². The first kappa shape index (κ1) is 32.1. The molecule has 1 aromatic carbocycles. The molecule has 1 N–H and O–H groups in total. The number of aliphatic hydroxyl groups is 1. The number of benzene rings is 1. The van der Waals surface area contributed by atoms with Gasteiger partial charge in [-0.1, -0.05) is 19.1 Å². The molecule has 0 aromatic heterocycles. The molecule has 2 unspecified atom stereocenters. The van der Waals surface area contributed by atoms with Gasteiger partial charge in [-0.15, -0.1) is 24.9 Å². The van der Waals surface area contributed by atoms with Crippen LogP contribution in [0.1, 0.15) is 59.8 Å². The van der Waals surface area contributed by atoms with Crippen LogP contribution in [-0.2, 0) is 19.1 Å². The molecule has 2 bridgehead atoms. The van der Waals surface area contributed by atoms with Gasteiger partial charge >= 0.3 is 5.97 Å². The molecule has 3 aliphatic heterocycles. The lowest BCUT2D eigenvalue weighted by molar-refractivity contribution is -0.156. The van der Waals surface area contributed by atoms with Crippen LogP contribution in [0.25, 0.3) is 0 Å². The van der Waals surface area contributed by atoms with Gasteiger partial charge in [-0.05, 0) is 77.1 Å². The number of unbranched alkanes of at least 4 members (excludes halogenated alkanes) is 1. The molecular weight excluding hydrogens is 550 g/mol. The molecule has 0 radical (unpaired) electrons. The number of thioether (sulfide) groups is 1. The number of esters is 1. The number of amides is 2. The van der Waals surface area contributed by atoms with Gasteiger partial charge in [0.15, 0.2) is 0 Å². The van der Waals surface area contributed by atoms with E-state index >= 15 is 0 Å². The first-order chi connectivity index (χ1) is 20.2. The van der Waals surface area contributed by atoms with E-state index in [1.165, 1.54) is 0 Å². The van der Waals surface area contributed by atoms with E-state index in [0.29, 0.717) is 25.7 Å². The van der Waals surface area contributed by atoms with E-state index in [-0.39, 0.29) is 37.5 Å². The van der Waals surface area contributed by atoms with Crippen molar-refractivity contribution in [3.63, 3.8) is 0 Å². The Hall–Kier alpha value is -2.78. The molecule has 3 saturated heterocycles. The van der Waals surface area contributed by atoms with E-state index in [1.807, 2.05) is 38.1 Å². The second-order valence-corrected chi connectivity index (χ2v) is 13.6. The largest absolute Gasteiger partial charge is 0.465 e. The summed E-state index contributed by atoms with van der Waals surface area (Å²) in [5.41, 5.74) is 1.80. The molecule has 2 amide bonds. The Morgan fingerprint density at radius 1 is 1.14 bits per heavy atom. The van der Waals surface area contributed by atoms with Crippen molar-refractivity contribution in [2.24, 2.45) is 11.8 Å². The quantitative estimate of drug-likeness (QED) is 0.176. The van der Waals surface area contributed by atoms with Crippen LogP contribution < -0.4 is 9.80 Å². The molecule has 1 aromatic rings. The average Bonchev–Trinajstić information content (AvgIpc) is 3.56. The van der Waals surface area contributed by atoms with Gasteiger partial charge in [-0.2, -0.15) is 0 Å². The van der Waals surface area contributed by atoms with Crippen molar-refractivity contribution in [2.75, 3.05) is 42.6 Å². The molecule has 4 rings (SSSR count). The molecule has 9 heteroatoms. The number of rotatable bonds is 15. The number of carbonyl (C=O) groups excluding carboxylic acids is 3. The topological polar surface area (TPSA) is 90.4 Å². The third-order valence-electron chi connectivity index (χ3n) is 9.44. The summed E-state index contributed by atoms with van der Waals surface area (Å²) in [7, 11) is 0. The van der Waals surface area contributed by atoms with Crippen LogP contribution in [-0.4, -0.2) is 82.2 Å². The smallest absolute Gasteiger partial charge is 0.311 e. The fraction of sp³-hybridized carbons (Fsp3) is 0.606. The Balaban J connectivity index is 1.74. The fourth-order valence-electron chi connectivity index (χ4n) is 7.33. The molecule has 3 fully saturated rings. The molecule has 0 aliphatic carbocycles. The lowest BCUT2D eigenvalue weighted by Crippen LogP contribution is -2.57. The lowest BCUT2D eigenvalue weighted by Gasteiger charge is -2.39. The number of hydrogen-bond donors (Lipinski definition) is 1. The molecule has 3 aliphatic rings. The molecule has 8 nitrogen and oxygen atoms in total. The summed E-state index contributed by atoms with van der Waals surface area (Å²) in [6.45, 7) is 17.8. The normalized spacial score (nSPS) is 28.4. The molecular formula is C33H47N3O5S. The van der Waals surface area contributed by atoms with Gasteiger partial charge in [-0.25, -0.2) is 0 Å². The standard InChI is InChI=1S/C33H47N3O5S/c1-7-12-13-21-41-31(40)27-26-29(38)36(23(9-3)22-37)28(33(26)19-18-32(27,6)42-33)30(39)35(20-8-2)25-16-14-24(15-17-25)34(10-4)11-5/h7-8,14-17,23,26-28,37H,1-2,9-13,18-22H2,3-6H3/t23-,26-,27+,28?,32-,33?/m0/s1. The van der Waals surface area contributed by atoms with Crippen LogP contribution >= 0.6 is 11.8 Å². The van der Waals surface area contributed by atoms with Crippen molar-refractivity contribution in [3.05, 3.63) is 49.6 Å². The van der Waals surface area contributed by atoms with E-state index in [9.17, 15) is 19.5 Å². The number of aliphatic hydroxyl groups excluding tert-OH is 1. The predicted molar refractivity (Wildman–Crippen MR) is 170 cm³/mol. The van der Waals surface area contributed by atoms with E-state index in [0.717, 1.165) is 30.9 Å². The Labute approximate surface area is 255 Å². The number of ether oxygens (including phenoxy) is 1. The number of fused-ring (bicyclic) bond motifs is 1. The number of allylic oxidation sites excluding steroid dienone is 1. The molecule has 0 saturated carbocycles. The Bertz CT molecular complexity index is 1170. The third-order valence-corrected chi connectivity index (χ3v) is 11.4. The van der Waals surface area contributed by atoms with Gasteiger partial charge in [0.1, 0.15) is 6.04 Å². The highest BCUT2D eigenvalue weighted by atomic mass is 32.2. The monoisotopic (exact) mass is 597 g/mol. The zero-order chi connectivity index (χ0) is 30.7. The van der Waals surface area contributed by atoms with Crippen LogP contribution in [0.4, 0.5) is 11.4 Å². The van der Waals surface area contributed by atoms with Crippen LogP contribution in [0, 0.1) is 11.8 Å². The van der Waals surface area contributed by atoms with E-state index in [2.05, 4.69) is 31.9 Å². The minimum Gasteiger partial charge on any atom is -0.465 e. The Kier molecular flexibility index (Phi) is 10.1. The summed E-state index contributed by atoms with van der Waals surface area (Å²) in [6.07, 6.45) is 6.74. The number of anilines is 2. The fourth-order valence-corrected chi connectivity index (χ4v) is 9.66. The van der Waals surface area contributed by atoms with Crippen molar-refractivity contribution in [2.45, 2.75) is 81.4 Å². The minimum absolute atomic E-state index is 0.204. The lowest BCUT2D eigenvalue weighted by atomic mass is 9.66. The second kappa shape index (κ2) is 13.2. The second-order valence-electron chi connectivity index (χ2n) is 11.7. The molecule has 6 atom stereocenters. The molecule has 1 spiro atoms. The maximum atomic E-state index is 14.8. The maximum Gasteiger partial charge on any atom is 0.311 e. The number of likely N-dealkylation sites (tertiary alicyclic amines) is 1. The zero-order valence-electron chi connectivity index (χ0n) is 25.6. The Morgan fingerprint density at radius 2 is 1.81 bits per heavy atom. The summed E-state index contributed by atoms with van der Waals surface area (Å²) in [6, 6.07) is 6.57. The summed E-state index contributed by atoms with van der Waals surface area (Å²) in [4.78, 5) is 48.3. The van der Waals surface area contributed by atoms with Gasteiger partial charge in [0.2, 0.25) is 5.91 Å². The van der Waals surface area contributed by atoms with Gasteiger partial charge in [0.25, 0.3) is 5.91 Å². The van der Waals surface area contributed by atoms with E-state index < -0.39 is 33.4 Å².